The SMILES string of the molecule is NC[C@@H]1CC[C@@H]1O. The molecule has 0 aromatic heterocycles. The fraction of sp³-hybridized carbons (Fsp3) is 1.00. The third-order valence-electron chi connectivity index (χ3n) is 1.68. The monoisotopic (exact) mass is 101 g/mol. The predicted octanol–water partition coefficient (Wildman–Crippen LogP) is -0.284. The molecule has 7 heavy (non-hydrogen) atoms. The summed E-state index contributed by atoms with van der Waals surface area (Å²) in [5.74, 6) is 0.417. The Kier molecular flexibility index (Phi) is 1.30. The number of hydrogen-bond acceptors (Lipinski definition) is 2. The Morgan fingerprint density at radius 2 is 2.29 bits per heavy atom. The van der Waals surface area contributed by atoms with E-state index in [0.717, 1.165) is 12.8 Å². The highest BCUT2D eigenvalue weighted by molar-refractivity contribution is 4.79. The first-order chi connectivity index (χ1) is 3.34. The van der Waals surface area contributed by atoms with Crippen molar-refractivity contribution < 1.29 is 5.11 Å². The predicted molar refractivity (Wildman–Crippen MR) is 27.8 cm³/mol. The van der Waals surface area contributed by atoms with E-state index in [4.69, 9.17) is 10.8 Å². The van der Waals surface area contributed by atoms with Crippen LogP contribution in [0.4, 0.5) is 0 Å². The van der Waals surface area contributed by atoms with Crippen LogP contribution in [-0.2, 0) is 0 Å². The van der Waals surface area contributed by atoms with E-state index in [2.05, 4.69) is 0 Å². The number of rotatable bonds is 1. The van der Waals surface area contributed by atoms with Gasteiger partial charge in [0, 0.05) is 0 Å². The summed E-state index contributed by atoms with van der Waals surface area (Å²) in [4.78, 5) is 0. The molecular weight excluding hydrogens is 90.1 g/mol. The number of nitrogens with two attached hydrogens (primary N) is 1. The third kappa shape index (κ3) is 0.763. The highest BCUT2D eigenvalue weighted by atomic mass is 16.3. The molecule has 0 saturated heterocycles. The number of aliphatic hydroxyl groups excluding tert-OH is 1. The molecule has 0 unspecified atom stereocenters. The van der Waals surface area contributed by atoms with Crippen LogP contribution in [0.2, 0.25) is 0 Å². The van der Waals surface area contributed by atoms with Gasteiger partial charge in [0.1, 0.15) is 0 Å². The largest absolute Gasteiger partial charge is 0.393 e. The molecule has 2 heteroatoms. The molecule has 0 radical (unpaired) electrons. The smallest absolute Gasteiger partial charge is 0.0580 e. The van der Waals surface area contributed by atoms with Gasteiger partial charge in [-0.15, -0.1) is 0 Å². The van der Waals surface area contributed by atoms with Crippen LogP contribution in [-0.4, -0.2) is 17.8 Å². The van der Waals surface area contributed by atoms with Gasteiger partial charge >= 0.3 is 0 Å². The Bertz CT molecular complexity index is 63.1. The summed E-state index contributed by atoms with van der Waals surface area (Å²) in [5, 5.41) is 8.83. The van der Waals surface area contributed by atoms with Crippen LogP contribution < -0.4 is 5.73 Å². The van der Waals surface area contributed by atoms with Crippen molar-refractivity contribution in [3.63, 3.8) is 0 Å². The van der Waals surface area contributed by atoms with Gasteiger partial charge in [-0.1, -0.05) is 0 Å². The molecule has 0 aromatic carbocycles. The zero-order chi connectivity index (χ0) is 5.28. The Hall–Kier alpha value is -0.0800. The Morgan fingerprint density at radius 1 is 1.57 bits per heavy atom. The molecule has 0 amide bonds. The molecule has 1 aliphatic rings. The zero-order valence-corrected chi connectivity index (χ0v) is 4.30. The zero-order valence-electron chi connectivity index (χ0n) is 4.30. The molecule has 0 bridgehead atoms. The maximum absolute atomic E-state index is 8.83. The summed E-state index contributed by atoms with van der Waals surface area (Å²) in [7, 11) is 0. The van der Waals surface area contributed by atoms with Crippen LogP contribution >= 0.6 is 0 Å². The molecule has 3 N–H and O–H groups in total. The molecule has 42 valence electrons. The van der Waals surface area contributed by atoms with Crippen LogP contribution in [0.5, 0.6) is 0 Å². The Balaban J connectivity index is 2.16. The van der Waals surface area contributed by atoms with E-state index in [1.807, 2.05) is 0 Å². The van der Waals surface area contributed by atoms with Gasteiger partial charge in [-0.05, 0) is 25.3 Å². The summed E-state index contributed by atoms with van der Waals surface area (Å²) >= 11 is 0. The summed E-state index contributed by atoms with van der Waals surface area (Å²) in [6.45, 7) is 0.654. The molecule has 0 aromatic rings. The second kappa shape index (κ2) is 1.80. The van der Waals surface area contributed by atoms with E-state index in [0.29, 0.717) is 12.5 Å². The summed E-state index contributed by atoms with van der Waals surface area (Å²) < 4.78 is 0. The average Bonchev–Trinajstić information content (AvgIpc) is 1.65. The standard InChI is InChI=1S/C5H11NO/c6-3-4-1-2-5(4)7/h4-5,7H,1-3,6H2/t4-,5-/m0/s1. The number of hydrogen-bond donors (Lipinski definition) is 2. The lowest BCUT2D eigenvalue weighted by molar-refractivity contribution is 0.0292. The van der Waals surface area contributed by atoms with Crippen molar-refractivity contribution in [2.75, 3.05) is 6.54 Å². The lowest BCUT2D eigenvalue weighted by atomic mass is 9.82. The average molecular weight is 101 g/mol. The molecule has 1 rings (SSSR count). The second-order valence-corrected chi connectivity index (χ2v) is 2.14. The Labute approximate surface area is 43.3 Å². The van der Waals surface area contributed by atoms with Gasteiger partial charge in [-0.25, -0.2) is 0 Å². The van der Waals surface area contributed by atoms with Crippen molar-refractivity contribution >= 4 is 0 Å². The minimum Gasteiger partial charge on any atom is -0.393 e. The molecular formula is C5H11NO. The van der Waals surface area contributed by atoms with Crippen LogP contribution in [0, 0.1) is 5.92 Å². The Morgan fingerprint density at radius 3 is 2.29 bits per heavy atom. The maximum Gasteiger partial charge on any atom is 0.0580 e. The number of aliphatic hydroxyl groups is 1. The molecule has 1 fully saturated rings. The van der Waals surface area contributed by atoms with Crippen molar-refractivity contribution in [2.45, 2.75) is 18.9 Å². The van der Waals surface area contributed by atoms with Gasteiger partial charge in [0.25, 0.3) is 0 Å². The van der Waals surface area contributed by atoms with Gasteiger partial charge in [-0.2, -0.15) is 0 Å². The highest BCUT2D eigenvalue weighted by Gasteiger charge is 2.26. The van der Waals surface area contributed by atoms with E-state index in [1.165, 1.54) is 0 Å². The first-order valence-corrected chi connectivity index (χ1v) is 2.72. The van der Waals surface area contributed by atoms with Crippen LogP contribution in [0.15, 0.2) is 0 Å². The molecule has 1 aliphatic carbocycles. The van der Waals surface area contributed by atoms with E-state index in [9.17, 15) is 0 Å². The van der Waals surface area contributed by atoms with Crippen molar-refractivity contribution in [3.05, 3.63) is 0 Å². The molecule has 2 nitrogen and oxygen atoms in total. The van der Waals surface area contributed by atoms with Crippen LogP contribution in [0.25, 0.3) is 0 Å². The second-order valence-electron chi connectivity index (χ2n) is 2.14. The van der Waals surface area contributed by atoms with Gasteiger partial charge in [0.2, 0.25) is 0 Å². The van der Waals surface area contributed by atoms with Crippen LogP contribution in [0.3, 0.4) is 0 Å². The van der Waals surface area contributed by atoms with E-state index >= 15 is 0 Å². The van der Waals surface area contributed by atoms with E-state index in [1.54, 1.807) is 0 Å². The molecule has 2 atom stereocenters. The fourth-order valence-corrected chi connectivity index (χ4v) is 0.826. The molecule has 0 heterocycles. The lowest BCUT2D eigenvalue weighted by Crippen LogP contribution is -2.36. The van der Waals surface area contributed by atoms with Crippen LogP contribution in [0.1, 0.15) is 12.8 Å². The fourth-order valence-electron chi connectivity index (χ4n) is 0.826. The maximum atomic E-state index is 8.83. The first kappa shape index (κ1) is 5.06. The summed E-state index contributed by atoms with van der Waals surface area (Å²) in [6, 6.07) is 0. The van der Waals surface area contributed by atoms with Crippen molar-refractivity contribution in [1.82, 2.24) is 0 Å². The topological polar surface area (TPSA) is 46.2 Å². The third-order valence-corrected chi connectivity index (χ3v) is 1.68. The van der Waals surface area contributed by atoms with E-state index in [-0.39, 0.29) is 6.10 Å². The van der Waals surface area contributed by atoms with Gasteiger partial charge in [0.15, 0.2) is 0 Å². The van der Waals surface area contributed by atoms with Gasteiger partial charge < -0.3 is 10.8 Å². The minimum absolute atomic E-state index is 0.0787. The lowest BCUT2D eigenvalue weighted by Gasteiger charge is -2.30. The molecule has 0 aliphatic heterocycles. The molecule has 0 spiro atoms. The van der Waals surface area contributed by atoms with Crippen molar-refractivity contribution in [1.29, 1.82) is 0 Å². The normalized spacial score (nSPS) is 40.3. The quantitative estimate of drug-likeness (QED) is 0.477. The minimum atomic E-state index is -0.0787. The molecule has 1 saturated carbocycles. The van der Waals surface area contributed by atoms with Crippen molar-refractivity contribution in [2.24, 2.45) is 11.7 Å². The first-order valence-electron chi connectivity index (χ1n) is 2.72. The van der Waals surface area contributed by atoms with E-state index < -0.39 is 0 Å². The highest BCUT2D eigenvalue weighted by Crippen LogP contribution is 2.25. The van der Waals surface area contributed by atoms with Gasteiger partial charge in [0.05, 0.1) is 6.10 Å². The van der Waals surface area contributed by atoms with Gasteiger partial charge in [-0.3, -0.25) is 0 Å². The van der Waals surface area contributed by atoms with Crippen molar-refractivity contribution in [3.8, 4) is 0 Å². The summed E-state index contributed by atoms with van der Waals surface area (Å²) in [6.07, 6.45) is 2.00. The summed E-state index contributed by atoms with van der Waals surface area (Å²) in [5.41, 5.74) is 5.26.